The van der Waals surface area contributed by atoms with Crippen molar-refractivity contribution in [2.24, 2.45) is 10.5 Å². The maximum atomic E-state index is 12.4. The Kier molecular flexibility index (Phi) is 5.74. The largest absolute Gasteiger partial charge is 0.488 e. The summed E-state index contributed by atoms with van der Waals surface area (Å²) in [5.41, 5.74) is 4.91. The van der Waals surface area contributed by atoms with Crippen molar-refractivity contribution in [3.63, 3.8) is 0 Å². The first-order valence-corrected chi connectivity index (χ1v) is 7.99. The smallest absolute Gasteiger partial charge is 0.275 e. The molecular formula is C20H24N2O2. The Balaban J connectivity index is 2.09. The van der Waals surface area contributed by atoms with Crippen molar-refractivity contribution in [1.82, 2.24) is 5.43 Å². The summed E-state index contributed by atoms with van der Waals surface area (Å²) in [6, 6.07) is 17.0. The lowest BCUT2D eigenvalue weighted by atomic mass is 9.91. The third kappa shape index (κ3) is 4.95. The maximum absolute atomic E-state index is 12.4. The highest BCUT2D eigenvalue weighted by atomic mass is 16.5. The van der Waals surface area contributed by atoms with Crippen LogP contribution in [-0.4, -0.2) is 11.6 Å². The lowest BCUT2D eigenvalue weighted by Crippen LogP contribution is -2.24. The fourth-order valence-corrected chi connectivity index (χ4v) is 1.88. The van der Waals surface area contributed by atoms with Crippen molar-refractivity contribution in [3.8, 4) is 5.75 Å². The summed E-state index contributed by atoms with van der Waals surface area (Å²) in [5.74, 6) is 0.268. The Morgan fingerprint density at radius 3 is 2.33 bits per heavy atom. The van der Waals surface area contributed by atoms with Gasteiger partial charge >= 0.3 is 0 Å². The number of nitrogens with zero attached hydrogens (tertiary/aromatic N) is 1. The molecule has 0 aliphatic heterocycles. The minimum Gasteiger partial charge on any atom is -0.488 e. The predicted octanol–water partition coefficient (Wildman–Crippen LogP) is 4.42. The van der Waals surface area contributed by atoms with Gasteiger partial charge in [-0.1, -0.05) is 63.2 Å². The van der Waals surface area contributed by atoms with E-state index in [1.54, 1.807) is 12.1 Å². The molecule has 0 aliphatic rings. The molecule has 4 nitrogen and oxygen atoms in total. The van der Waals surface area contributed by atoms with Crippen LogP contribution in [0.4, 0.5) is 0 Å². The number of carbonyl (C=O) groups is 1. The van der Waals surface area contributed by atoms with E-state index in [2.05, 4.69) is 31.3 Å². The molecule has 126 valence electrons. The standard InChI is InChI=1S/C20H24N2O2/c1-15(20(2,3)4)21-22-19(23)17-12-8-9-13-18(17)24-14-16-10-6-5-7-11-16/h5-13H,14H2,1-4H3,(H,22,23)/b21-15-. The molecule has 2 aromatic rings. The summed E-state index contributed by atoms with van der Waals surface area (Å²) in [6.45, 7) is 8.46. The van der Waals surface area contributed by atoms with Crippen LogP contribution in [0.3, 0.4) is 0 Å². The van der Waals surface area contributed by atoms with Crippen molar-refractivity contribution in [1.29, 1.82) is 0 Å². The van der Waals surface area contributed by atoms with Gasteiger partial charge in [-0.15, -0.1) is 0 Å². The zero-order valence-electron chi connectivity index (χ0n) is 14.7. The van der Waals surface area contributed by atoms with E-state index in [0.29, 0.717) is 17.9 Å². The second-order valence-corrected chi connectivity index (χ2v) is 6.66. The highest BCUT2D eigenvalue weighted by Gasteiger charge is 2.16. The molecule has 24 heavy (non-hydrogen) atoms. The van der Waals surface area contributed by atoms with Crippen LogP contribution >= 0.6 is 0 Å². The van der Waals surface area contributed by atoms with Crippen molar-refractivity contribution >= 4 is 11.6 Å². The number of hydrogen-bond acceptors (Lipinski definition) is 3. The number of amides is 1. The minimum atomic E-state index is -0.276. The van der Waals surface area contributed by atoms with E-state index in [1.165, 1.54) is 0 Å². The molecule has 0 unspecified atom stereocenters. The molecule has 0 radical (unpaired) electrons. The van der Waals surface area contributed by atoms with Crippen molar-refractivity contribution in [3.05, 3.63) is 65.7 Å². The Morgan fingerprint density at radius 2 is 1.67 bits per heavy atom. The van der Waals surface area contributed by atoms with E-state index in [1.807, 2.05) is 49.4 Å². The van der Waals surface area contributed by atoms with E-state index in [9.17, 15) is 4.79 Å². The third-order valence-corrected chi connectivity index (χ3v) is 3.78. The van der Waals surface area contributed by atoms with Crippen LogP contribution in [0.5, 0.6) is 5.75 Å². The number of ether oxygens (including phenoxy) is 1. The molecule has 1 amide bonds. The van der Waals surface area contributed by atoms with Gasteiger partial charge in [0.1, 0.15) is 12.4 Å². The van der Waals surface area contributed by atoms with E-state index < -0.39 is 0 Å². The third-order valence-electron chi connectivity index (χ3n) is 3.78. The molecule has 0 spiro atoms. The number of rotatable bonds is 5. The summed E-state index contributed by atoms with van der Waals surface area (Å²) in [7, 11) is 0. The second-order valence-electron chi connectivity index (χ2n) is 6.66. The van der Waals surface area contributed by atoms with Gasteiger partial charge in [0.2, 0.25) is 0 Å². The monoisotopic (exact) mass is 324 g/mol. The zero-order valence-corrected chi connectivity index (χ0v) is 14.7. The Bertz CT molecular complexity index is 716. The molecule has 0 aliphatic carbocycles. The SMILES string of the molecule is C/C(=N/NC(=O)c1ccccc1OCc1ccccc1)C(C)(C)C. The van der Waals surface area contributed by atoms with Gasteiger partial charge in [-0.05, 0) is 24.6 Å². The van der Waals surface area contributed by atoms with Crippen LogP contribution in [0.1, 0.15) is 43.6 Å². The number of benzene rings is 2. The van der Waals surface area contributed by atoms with Crippen LogP contribution in [0.2, 0.25) is 0 Å². The van der Waals surface area contributed by atoms with E-state index in [0.717, 1.165) is 11.3 Å². The van der Waals surface area contributed by atoms with Crippen molar-refractivity contribution < 1.29 is 9.53 Å². The van der Waals surface area contributed by atoms with Gasteiger partial charge in [0.05, 0.1) is 5.56 Å². The highest BCUT2D eigenvalue weighted by Crippen LogP contribution is 2.20. The van der Waals surface area contributed by atoms with Crippen molar-refractivity contribution in [2.45, 2.75) is 34.3 Å². The summed E-state index contributed by atoms with van der Waals surface area (Å²) < 4.78 is 5.81. The van der Waals surface area contributed by atoms with Gasteiger partial charge in [-0.2, -0.15) is 5.10 Å². The van der Waals surface area contributed by atoms with E-state index >= 15 is 0 Å². The van der Waals surface area contributed by atoms with Gasteiger partial charge in [-0.25, -0.2) is 5.43 Å². The molecule has 4 heteroatoms. The number of nitrogens with one attached hydrogen (secondary N) is 1. The molecule has 0 heterocycles. The zero-order chi connectivity index (χ0) is 17.6. The Hall–Kier alpha value is -2.62. The molecule has 0 bridgehead atoms. The van der Waals surface area contributed by atoms with Crippen LogP contribution < -0.4 is 10.2 Å². The second kappa shape index (κ2) is 7.77. The van der Waals surface area contributed by atoms with Crippen LogP contribution in [0.15, 0.2) is 59.7 Å². The Morgan fingerprint density at radius 1 is 1.04 bits per heavy atom. The summed E-state index contributed by atoms with van der Waals surface area (Å²) in [5, 5.41) is 4.19. The van der Waals surface area contributed by atoms with Crippen LogP contribution in [-0.2, 0) is 6.61 Å². The molecular weight excluding hydrogens is 300 g/mol. The summed E-state index contributed by atoms with van der Waals surface area (Å²) >= 11 is 0. The molecule has 2 aromatic carbocycles. The first-order chi connectivity index (χ1) is 11.4. The number of para-hydroxylation sites is 1. The summed E-state index contributed by atoms with van der Waals surface area (Å²) in [4.78, 5) is 12.4. The molecule has 0 aromatic heterocycles. The van der Waals surface area contributed by atoms with Gasteiger partial charge < -0.3 is 4.74 Å². The molecule has 0 atom stereocenters. The van der Waals surface area contributed by atoms with Gasteiger partial charge in [0, 0.05) is 11.1 Å². The van der Waals surface area contributed by atoms with E-state index in [4.69, 9.17) is 4.74 Å². The average molecular weight is 324 g/mol. The quantitative estimate of drug-likeness (QED) is 0.654. The fraction of sp³-hybridized carbons (Fsp3) is 0.300. The normalized spacial score (nSPS) is 11.9. The molecule has 0 saturated carbocycles. The minimum absolute atomic E-state index is 0.0867. The topological polar surface area (TPSA) is 50.7 Å². The fourth-order valence-electron chi connectivity index (χ4n) is 1.88. The maximum Gasteiger partial charge on any atom is 0.275 e. The van der Waals surface area contributed by atoms with Gasteiger partial charge in [-0.3, -0.25) is 4.79 Å². The molecule has 0 fully saturated rings. The predicted molar refractivity (Wildman–Crippen MR) is 97.2 cm³/mol. The van der Waals surface area contributed by atoms with Gasteiger partial charge in [0.15, 0.2) is 0 Å². The van der Waals surface area contributed by atoms with E-state index in [-0.39, 0.29) is 11.3 Å². The lowest BCUT2D eigenvalue weighted by molar-refractivity contribution is 0.0950. The number of hydrogen-bond donors (Lipinski definition) is 1. The average Bonchev–Trinajstić information content (AvgIpc) is 2.58. The van der Waals surface area contributed by atoms with Gasteiger partial charge in [0.25, 0.3) is 5.91 Å². The van der Waals surface area contributed by atoms with Crippen LogP contribution in [0, 0.1) is 5.41 Å². The van der Waals surface area contributed by atoms with Crippen LogP contribution in [0.25, 0.3) is 0 Å². The molecule has 1 N–H and O–H groups in total. The number of hydrazone groups is 1. The molecule has 2 rings (SSSR count). The highest BCUT2D eigenvalue weighted by molar-refractivity contribution is 5.98. The molecule has 0 saturated heterocycles. The Labute approximate surface area is 143 Å². The van der Waals surface area contributed by atoms with Crippen molar-refractivity contribution in [2.75, 3.05) is 0 Å². The number of carbonyl (C=O) groups excluding carboxylic acids is 1. The summed E-state index contributed by atoms with van der Waals surface area (Å²) in [6.07, 6.45) is 0. The first kappa shape index (κ1) is 17.7. The lowest BCUT2D eigenvalue weighted by Gasteiger charge is -2.17. The first-order valence-electron chi connectivity index (χ1n) is 7.99.